The van der Waals surface area contributed by atoms with Crippen LogP contribution in [0.1, 0.15) is 43.5 Å². The summed E-state index contributed by atoms with van der Waals surface area (Å²) < 4.78 is 0. The van der Waals surface area contributed by atoms with Crippen molar-refractivity contribution in [3.05, 3.63) is 33.9 Å². The number of carbonyl (C=O) groups excluding carboxylic acids is 2. The Balaban J connectivity index is 1.77. The summed E-state index contributed by atoms with van der Waals surface area (Å²) in [4.78, 5) is 42.3. The highest BCUT2D eigenvalue weighted by Gasteiger charge is 2.27. The molecule has 0 bridgehead atoms. The molecule has 3 rings (SSSR count). The van der Waals surface area contributed by atoms with E-state index in [9.17, 15) is 19.7 Å². The van der Waals surface area contributed by atoms with Crippen LogP contribution in [-0.2, 0) is 4.79 Å². The smallest absolute Gasteiger partial charge is 0.270 e. The van der Waals surface area contributed by atoms with E-state index in [1.54, 1.807) is 11.0 Å². The van der Waals surface area contributed by atoms with Gasteiger partial charge in [0.05, 0.1) is 22.7 Å². The van der Waals surface area contributed by atoms with E-state index in [0.717, 1.165) is 44.6 Å². The maximum Gasteiger partial charge on any atom is 0.270 e. The zero-order valence-corrected chi connectivity index (χ0v) is 18.5. The molecule has 1 aromatic rings. The first-order valence-electron chi connectivity index (χ1n) is 11.2. The second-order valence-corrected chi connectivity index (χ2v) is 8.50. The van der Waals surface area contributed by atoms with Gasteiger partial charge in [0.2, 0.25) is 5.91 Å². The normalized spacial score (nSPS) is 18.5. The SMILES string of the molecule is CCNC(=O)CN1CCCN(C(=O)c2cc([N+](=O)[O-])ccc2N2CCC(C)CC2)CC1. The largest absolute Gasteiger partial charge is 0.371 e. The lowest BCUT2D eigenvalue weighted by Gasteiger charge is -2.34. The van der Waals surface area contributed by atoms with Crippen LogP contribution in [0.2, 0.25) is 0 Å². The van der Waals surface area contributed by atoms with Crippen LogP contribution in [0.25, 0.3) is 0 Å². The molecule has 1 N–H and O–H groups in total. The number of nitro groups is 1. The van der Waals surface area contributed by atoms with Gasteiger partial charge in [-0.1, -0.05) is 6.92 Å². The number of carbonyl (C=O) groups is 2. The zero-order chi connectivity index (χ0) is 22.4. The van der Waals surface area contributed by atoms with E-state index in [-0.39, 0.29) is 17.5 Å². The molecule has 2 saturated heterocycles. The first-order valence-corrected chi connectivity index (χ1v) is 11.2. The Bertz CT molecular complexity index is 807. The molecule has 170 valence electrons. The molecule has 2 heterocycles. The highest BCUT2D eigenvalue weighted by molar-refractivity contribution is 6.00. The maximum atomic E-state index is 13.5. The number of nitrogens with one attached hydrogen (secondary N) is 1. The fraction of sp³-hybridized carbons (Fsp3) is 0.636. The lowest BCUT2D eigenvalue weighted by Crippen LogP contribution is -2.40. The summed E-state index contributed by atoms with van der Waals surface area (Å²) in [7, 11) is 0. The average molecular weight is 432 g/mol. The summed E-state index contributed by atoms with van der Waals surface area (Å²) in [5.41, 5.74) is 1.12. The van der Waals surface area contributed by atoms with Crippen molar-refractivity contribution in [2.24, 2.45) is 5.92 Å². The van der Waals surface area contributed by atoms with Crippen molar-refractivity contribution in [1.29, 1.82) is 0 Å². The molecule has 0 spiro atoms. The minimum absolute atomic E-state index is 0.0115. The molecule has 0 unspecified atom stereocenters. The molecule has 1 aromatic carbocycles. The third-order valence-electron chi connectivity index (χ3n) is 6.16. The predicted octanol–water partition coefficient (Wildman–Crippen LogP) is 2.12. The van der Waals surface area contributed by atoms with Crippen molar-refractivity contribution < 1.29 is 14.5 Å². The number of nitrogens with zero attached hydrogens (tertiary/aromatic N) is 4. The topological polar surface area (TPSA) is 99.0 Å². The summed E-state index contributed by atoms with van der Waals surface area (Å²) in [5, 5.41) is 14.2. The number of nitro benzene ring substituents is 1. The van der Waals surface area contributed by atoms with E-state index in [4.69, 9.17) is 0 Å². The highest BCUT2D eigenvalue weighted by Crippen LogP contribution is 2.30. The number of piperidine rings is 1. The number of benzene rings is 1. The van der Waals surface area contributed by atoms with Gasteiger partial charge in [0.25, 0.3) is 11.6 Å². The van der Waals surface area contributed by atoms with Crippen molar-refractivity contribution in [1.82, 2.24) is 15.1 Å². The van der Waals surface area contributed by atoms with Gasteiger partial charge in [0.1, 0.15) is 0 Å². The van der Waals surface area contributed by atoms with E-state index in [2.05, 4.69) is 22.0 Å². The summed E-state index contributed by atoms with van der Waals surface area (Å²) in [6.45, 7) is 9.15. The van der Waals surface area contributed by atoms with Crippen LogP contribution in [0, 0.1) is 16.0 Å². The second-order valence-electron chi connectivity index (χ2n) is 8.50. The monoisotopic (exact) mass is 431 g/mol. The average Bonchev–Trinajstić information content (AvgIpc) is 2.99. The number of hydrogen-bond donors (Lipinski definition) is 1. The first-order chi connectivity index (χ1) is 14.9. The number of rotatable bonds is 6. The van der Waals surface area contributed by atoms with E-state index in [1.165, 1.54) is 12.1 Å². The van der Waals surface area contributed by atoms with Crippen molar-refractivity contribution in [2.75, 3.05) is 57.3 Å². The standard InChI is InChI=1S/C22H33N5O4/c1-3-23-21(28)16-24-9-4-10-26(14-13-24)22(29)19-15-18(27(30)31)5-6-20(19)25-11-7-17(2)8-12-25/h5-6,15,17H,3-4,7-14,16H2,1-2H3,(H,23,28). The predicted molar refractivity (Wildman–Crippen MR) is 119 cm³/mol. The van der Waals surface area contributed by atoms with Crippen molar-refractivity contribution in [2.45, 2.75) is 33.1 Å². The lowest BCUT2D eigenvalue weighted by atomic mass is 9.97. The molecule has 0 saturated carbocycles. The molecule has 2 amide bonds. The molecule has 0 atom stereocenters. The molecule has 2 fully saturated rings. The molecule has 9 nitrogen and oxygen atoms in total. The van der Waals surface area contributed by atoms with Gasteiger partial charge in [0, 0.05) is 57.9 Å². The number of amides is 2. The Hall–Kier alpha value is -2.68. The van der Waals surface area contributed by atoms with E-state index in [0.29, 0.717) is 44.2 Å². The Kier molecular flexibility index (Phi) is 7.84. The number of hydrogen-bond acceptors (Lipinski definition) is 6. The van der Waals surface area contributed by atoms with Crippen LogP contribution in [0.4, 0.5) is 11.4 Å². The van der Waals surface area contributed by atoms with Gasteiger partial charge in [0.15, 0.2) is 0 Å². The summed E-state index contributed by atoms with van der Waals surface area (Å²) in [6.07, 6.45) is 2.85. The number of likely N-dealkylation sites (N-methyl/N-ethyl adjacent to an activating group) is 1. The zero-order valence-electron chi connectivity index (χ0n) is 18.5. The molecule has 2 aliphatic rings. The lowest BCUT2D eigenvalue weighted by molar-refractivity contribution is -0.384. The summed E-state index contributed by atoms with van der Waals surface area (Å²) in [5.74, 6) is 0.467. The first kappa shape index (κ1) is 23.0. The quantitative estimate of drug-likeness (QED) is 0.547. The van der Waals surface area contributed by atoms with Crippen LogP contribution in [0.5, 0.6) is 0 Å². The fourth-order valence-corrected chi connectivity index (χ4v) is 4.29. The van der Waals surface area contributed by atoms with Gasteiger partial charge in [-0.3, -0.25) is 24.6 Å². The van der Waals surface area contributed by atoms with Crippen molar-refractivity contribution in [3.63, 3.8) is 0 Å². The van der Waals surface area contributed by atoms with E-state index >= 15 is 0 Å². The molecule has 31 heavy (non-hydrogen) atoms. The van der Waals surface area contributed by atoms with Crippen LogP contribution >= 0.6 is 0 Å². The second kappa shape index (κ2) is 10.6. The maximum absolute atomic E-state index is 13.5. The Morgan fingerprint density at radius 3 is 2.55 bits per heavy atom. The van der Waals surface area contributed by atoms with Gasteiger partial charge in [-0.25, -0.2) is 0 Å². The van der Waals surface area contributed by atoms with Gasteiger partial charge in [-0.05, 0) is 38.2 Å². The molecular formula is C22H33N5O4. The van der Waals surface area contributed by atoms with Gasteiger partial charge < -0.3 is 15.1 Å². The Morgan fingerprint density at radius 2 is 1.87 bits per heavy atom. The molecular weight excluding hydrogens is 398 g/mol. The minimum atomic E-state index is -0.449. The fourth-order valence-electron chi connectivity index (χ4n) is 4.29. The molecule has 0 radical (unpaired) electrons. The summed E-state index contributed by atoms with van der Waals surface area (Å²) in [6, 6.07) is 4.63. The Labute approximate surface area is 183 Å². The highest BCUT2D eigenvalue weighted by atomic mass is 16.6. The van der Waals surface area contributed by atoms with Gasteiger partial charge in [-0.2, -0.15) is 0 Å². The van der Waals surface area contributed by atoms with Crippen molar-refractivity contribution >= 4 is 23.2 Å². The molecule has 0 aromatic heterocycles. The molecule has 2 aliphatic heterocycles. The van der Waals surface area contributed by atoms with E-state index in [1.807, 2.05) is 6.92 Å². The van der Waals surface area contributed by atoms with Crippen LogP contribution < -0.4 is 10.2 Å². The van der Waals surface area contributed by atoms with Gasteiger partial charge >= 0.3 is 0 Å². The van der Waals surface area contributed by atoms with Gasteiger partial charge in [-0.15, -0.1) is 0 Å². The van der Waals surface area contributed by atoms with Crippen molar-refractivity contribution in [3.8, 4) is 0 Å². The third kappa shape index (κ3) is 5.94. The number of anilines is 1. The third-order valence-corrected chi connectivity index (χ3v) is 6.16. The van der Waals surface area contributed by atoms with Crippen LogP contribution in [-0.4, -0.2) is 78.9 Å². The summed E-state index contributed by atoms with van der Waals surface area (Å²) >= 11 is 0. The van der Waals surface area contributed by atoms with E-state index < -0.39 is 4.92 Å². The molecule has 0 aliphatic carbocycles. The Morgan fingerprint density at radius 1 is 1.13 bits per heavy atom. The molecule has 9 heteroatoms. The minimum Gasteiger partial charge on any atom is -0.371 e. The van der Waals surface area contributed by atoms with Crippen LogP contribution in [0.15, 0.2) is 18.2 Å². The number of non-ortho nitro benzene ring substituents is 1. The van der Waals surface area contributed by atoms with Crippen LogP contribution in [0.3, 0.4) is 0 Å².